The van der Waals surface area contributed by atoms with Gasteiger partial charge in [0, 0.05) is 24.7 Å². The number of hydrogen-bond acceptors (Lipinski definition) is 4. The van der Waals surface area contributed by atoms with Crippen molar-refractivity contribution in [3.63, 3.8) is 0 Å². The van der Waals surface area contributed by atoms with E-state index in [9.17, 15) is 0 Å². The quantitative estimate of drug-likeness (QED) is 0.236. The van der Waals surface area contributed by atoms with Crippen LogP contribution >= 0.6 is 12.4 Å². The molecule has 0 aromatic heterocycles. The van der Waals surface area contributed by atoms with Crippen molar-refractivity contribution in [1.29, 1.82) is 0 Å². The maximum absolute atomic E-state index is 5.76. The third-order valence-corrected chi connectivity index (χ3v) is 5.25. The zero-order chi connectivity index (χ0) is 22.6. The van der Waals surface area contributed by atoms with Crippen molar-refractivity contribution in [1.82, 2.24) is 5.32 Å². The lowest BCUT2D eigenvalue weighted by atomic mass is 10.0. The Balaban J connectivity index is 0.00000385. The van der Waals surface area contributed by atoms with Crippen LogP contribution in [0, 0.1) is 0 Å². The Labute approximate surface area is 204 Å². The maximum Gasteiger partial charge on any atom is 0.127 e. The number of rotatable bonds is 12. The zero-order valence-corrected chi connectivity index (χ0v) is 20.5. The van der Waals surface area contributed by atoms with Crippen LogP contribution in [-0.4, -0.2) is 20.8 Å². The summed E-state index contributed by atoms with van der Waals surface area (Å²) >= 11 is 0. The van der Waals surface area contributed by atoms with E-state index in [1.54, 1.807) is 14.2 Å². The van der Waals surface area contributed by atoms with Crippen molar-refractivity contribution in [2.45, 2.75) is 32.9 Å². The molecule has 0 saturated carbocycles. The Morgan fingerprint density at radius 1 is 0.818 bits per heavy atom. The molecule has 176 valence electrons. The second-order valence-corrected chi connectivity index (χ2v) is 7.59. The number of ether oxygens (including phenoxy) is 3. The molecule has 4 nitrogen and oxygen atoms in total. The molecule has 0 aliphatic rings. The first-order chi connectivity index (χ1) is 15.7. The van der Waals surface area contributed by atoms with E-state index in [4.69, 9.17) is 14.2 Å². The lowest BCUT2D eigenvalue weighted by Gasteiger charge is -2.15. The minimum absolute atomic E-state index is 0. The first-order valence-electron chi connectivity index (χ1n) is 11.1. The lowest BCUT2D eigenvalue weighted by Crippen LogP contribution is -2.14. The van der Waals surface area contributed by atoms with Crippen LogP contribution < -0.4 is 19.5 Å². The van der Waals surface area contributed by atoms with E-state index in [-0.39, 0.29) is 12.4 Å². The SMILES string of the molecule is CCCCOc1ccc(/C=C/c2cc(OC)cc(OC)c2CNCc2ccccc2)cc1.Cl. The molecule has 3 rings (SSSR count). The monoisotopic (exact) mass is 467 g/mol. The van der Waals surface area contributed by atoms with Crippen LogP contribution in [0.15, 0.2) is 66.7 Å². The van der Waals surface area contributed by atoms with Gasteiger partial charge in [-0.2, -0.15) is 0 Å². The molecule has 5 heteroatoms. The Morgan fingerprint density at radius 2 is 1.58 bits per heavy atom. The van der Waals surface area contributed by atoms with Crippen LogP contribution in [-0.2, 0) is 13.1 Å². The smallest absolute Gasteiger partial charge is 0.127 e. The number of halogens is 1. The van der Waals surface area contributed by atoms with Crippen molar-refractivity contribution in [3.8, 4) is 17.2 Å². The first kappa shape index (κ1) is 26.3. The lowest BCUT2D eigenvalue weighted by molar-refractivity contribution is 0.309. The normalized spacial score (nSPS) is 10.6. The number of benzene rings is 3. The molecule has 3 aromatic rings. The minimum Gasteiger partial charge on any atom is -0.497 e. The molecule has 0 spiro atoms. The Hall–Kier alpha value is -2.95. The van der Waals surface area contributed by atoms with E-state index >= 15 is 0 Å². The van der Waals surface area contributed by atoms with Crippen LogP contribution in [0.5, 0.6) is 17.2 Å². The van der Waals surface area contributed by atoms with Crippen LogP contribution in [0.1, 0.15) is 42.0 Å². The molecule has 3 aromatic carbocycles. The van der Waals surface area contributed by atoms with Gasteiger partial charge in [-0.25, -0.2) is 0 Å². The number of hydrogen-bond donors (Lipinski definition) is 1. The molecule has 0 heterocycles. The standard InChI is InChI=1S/C28H33NO3.ClH/c1-4-5-17-32-25-15-12-22(13-16-25)11-14-24-18-26(30-2)19-28(31-3)27(24)21-29-20-23-9-7-6-8-10-23;/h6-16,18-19,29H,4-5,17,20-21H2,1-3H3;1H/b14-11+;. The minimum atomic E-state index is 0. The molecule has 0 saturated heterocycles. The van der Waals surface area contributed by atoms with Crippen molar-refractivity contribution in [2.75, 3.05) is 20.8 Å². The van der Waals surface area contributed by atoms with Gasteiger partial charge in [-0.05, 0) is 41.3 Å². The Kier molecular flexibility index (Phi) is 11.4. The number of unbranched alkanes of at least 4 members (excludes halogenated alkanes) is 1. The van der Waals surface area contributed by atoms with E-state index in [1.165, 1.54) is 5.56 Å². The average molecular weight is 468 g/mol. The Bertz CT molecular complexity index is 988. The number of methoxy groups -OCH3 is 2. The molecule has 1 N–H and O–H groups in total. The second-order valence-electron chi connectivity index (χ2n) is 7.59. The fraction of sp³-hybridized carbons (Fsp3) is 0.286. The fourth-order valence-corrected chi connectivity index (χ4v) is 3.40. The van der Waals surface area contributed by atoms with Gasteiger partial charge in [0.25, 0.3) is 0 Å². The van der Waals surface area contributed by atoms with Gasteiger partial charge >= 0.3 is 0 Å². The summed E-state index contributed by atoms with van der Waals surface area (Å²) in [6.07, 6.45) is 6.41. The molecule has 0 radical (unpaired) electrons. The van der Waals surface area contributed by atoms with Crippen LogP contribution in [0.4, 0.5) is 0 Å². The van der Waals surface area contributed by atoms with E-state index in [1.807, 2.05) is 30.3 Å². The van der Waals surface area contributed by atoms with E-state index < -0.39 is 0 Å². The molecule has 0 fully saturated rings. The molecule has 0 bridgehead atoms. The molecule has 0 unspecified atom stereocenters. The summed E-state index contributed by atoms with van der Waals surface area (Å²) in [5.41, 5.74) is 4.51. The van der Waals surface area contributed by atoms with Gasteiger partial charge in [0.05, 0.1) is 20.8 Å². The van der Waals surface area contributed by atoms with Crippen molar-refractivity contribution < 1.29 is 14.2 Å². The summed E-state index contributed by atoms with van der Waals surface area (Å²) in [5, 5.41) is 3.53. The molecule has 33 heavy (non-hydrogen) atoms. The summed E-state index contributed by atoms with van der Waals surface area (Å²) in [4.78, 5) is 0. The summed E-state index contributed by atoms with van der Waals surface area (Å²) in [7, 11) is 3.37. The summed E-state index contributed by atoms with van der Waals surface area (Å²) in [5.74, 6) is 2.49. The molecule has 0 aliphatic carbocycles. The number of nitrogens with one attached hydrogen (secondary N) is 1. The largest absolute Gasteiger partial charge is 0.497 e. The molecular weight excluding hydrogens is 434 g/mol. The highest BCUT2D eigenvalue weighted by molar-refractivity contribution is 5.85. The van der Waals surface area contributed by atoms with Gasteiger partial charge < -0.3 is 19.5 Å². The molecule has 0 amide bonds. The fourth-order valence-electron chi connectivity index (χ4n) is 3.40. The van der Waals surface area contributed by atoms with Gasteiger partial charge in [-0.1, -0.05) is 68.0 Å². The van der Waals surface area contributed by atoms with Crippen molar-refractivity contribution in [2.24, 2.45) is 0 Å². The van der Waals surface area contributed by atoms with Crippen molar-refractivity contribution in [3.05, 3.63) is 89.0 Å². The molecule has 0 aliphatic heterocycles. The summed E-state index contributed by atoms with van der Waals surface area (Å²) in [6, 6.07) is 22.5. The van der Waals surface area contributed by atoms with Crippen molar-refractivity contribution >= 4 is 24.6 Å². The summed E-state index contributed by atoms with van der Waals surface area (Å²) in [6.45, 7) is 4.40. The van der Waals surface area contributed by atoms with Gasteiger partial charge in [-0.15, -0.1) is 12.4 Å². The van der Waals surface area contributed by atoms with E-state index in [0.717, 1.165) is 59.9 Å². The summed E-state index contributed by atoms with van der Waals surface area (Å²) < 4.78 is 16.9. The highest BCUT2D eigenvalue weighted by Crippen LogP contribution is 2.30. The third kappa shape index (κ3) is 8.16. The maximum atomic E-state index is 5.76. The van der Waals surface area contributed by atoms with Gasteiger partial charge in [-0.3, -0.25) is 0 Å². The first-order valence-corrected chi connectivity index (χ1v) is 11.1. The highest BCUT2D eigenvalue weighted by atomic mass is 35.5. The second kappa shape index (κ2) is 14.2. The average Bonchev–Trinajstić information content (AvgIpc) is 2.84. The van der Waals surface area contributed by atoms with Crippen LogP contribution in [0.3, 0.4) is 0 Å². The van der Waals surface area contributed by atoms with Crippen LogP contribution in [0.25, 0.3) is 12.2 Å². The van der Waals surface area contributed by atoms with Gasteiger partial charge in [0.2, 0.25) is 0 Å². The Morgan fingerprint density at radius 3 is 2.24 bits per heavy atom. The van der Waals surface area contributed by atoms with Gasteiger partial charge in [0.15, 0.2) is 0 Å². The predicted octanol–water partition coefficient (Wildman–Crippen LogP) is 6.76. The predicted molar refractivity (Wildman–Crippen MR) is 140 cm³/mol. The highest BCUT2D eigenvalue weighted by Gasteiger charge is 2.11. The molecule has 0 atom stereocenters. The van der Waals surface area contributed by atoms with Gasteiger partial charge in [0.1, 0.15) is 17.2 Å². The zero-order valence-electron chi connectivity index (χ0n) is 19.7. The van der Waals surface area contributed by atoms with Crippen LogP contribution in [0.2, 0.25) is 0 Å². The molecular formula is C28H34ClNO3. The third-order valence-electron chi connectivity index (χ3n) is 5.25. The topological polar surface area (TPSA) is 39.7 Å². The van der Waals surface area contributed by atoms with E-state index in [0.29, 0.717) is 6.54 Å². The van der Waals surface area contributed by atoms with E-state index in [2.05, 4.69) is 60.8 Å².